The Morgan fingerprint density at radius 3 is 2.72 bits per heavy atom. The van der Waals surface area contributed by atoms with E-state index in [0.29, 0.717) is 62.9 Å². The first-order valence-electron chi connectivity index (χ1n) is 13.4. The van der Waals surface area contributed by atoms with E-state index < -0.39 is 29.7 Å². The molecule has 6 nitrogen and oxygen atoms in total. The molecule has 39 heavy (non-hydrogen) atoms. The maximum Gasteiger partial charge on any atom is 0.416 e. The Bertz CT molecular complexity index is 1270. The number of benzene rings is 2. The average Bonchev–Trinajstić information content (AvgIpc) is 2.93. The van der Waals surface area contributed by atoms with Crippen LogP contribution in [0.4, 0.5) is 13.2 Å². The summed E-state index contributed by atoms with van der Waals surface area (Å²) in [4.78, 5) is 18.6. The molecular weight excluding hydrogens is 509 g/mol. The zero-order valence-electron chi connectivity index (χ0n) is 22.0. The smallest absolute Gasteiger partial charge is 0.416 e. The zero-order valence-corrected chi connectivity index (χ0v) is 22.0. The lowest BCUT2D eigenvalue weighted by atomic mass is 9.81. The molecule has 3 atom stereocenters. The predicted molar refractivity (Wildman–Crippen MR) is 143 cm³/mol. The topological polar surface area (TPSA) is 82.9 Å². The normalized spacial score (nSPS) is 19.2. The maximum absolute atomic E-state index is 13.2. The number of halogens is 3. The number of carboxylic acid groups (broad SMARTS) is 1. The fourth-order valence-corrected chi connectivity index (χ4v) is 5.65. The SMILES string of the molecule is COc1ccc2nccc([C@@H](O)CC[C@@H]3CCN(CCCCc4ccccc4C(F)(F)F)C[C@@H]3C(=O)O)c2c1. The van der Waals surface area contributed by atoms with Gasteiger partial charge in [0, 0.05) is 18.1 Å². The van der Waals surface area contributed by atoms with E-state index in [1.54, 1.807) is 25.4 Å². The van der Waals surface area contributed by atoms with E-state index in [9.17, 15) is 28.2 Å². The number of methoxy groups -OCH3 is 1. The molecule has 1 aliphatic heterocycles. The summed E-state index contributed by atoms with van der Waals surface area (Å²) in [6.45, 7) is 1.79. The quantitative estimate of drug-likeness (QED) is 0.283. The molecule has 0 spiro atoms. The van der Waals surface area contributed by atoms with Crippen molar-refractivity contribution < 1.29 is 32.9 Å². The number of aryl methyl sites for hydroxylation is 1. The fraction of sp³-hybridized carbons (Fsp3) is 0.467. The maximum atomic E-state index is 13.2. The van der Waals surface area contributed by atoms with Crippen LogP contribution in [0.1, 0.15) is 54.9 Å². The lowest BCUT2D eigenvalue weighted by Crippen LogP contribution is -2.44. The van der Waals surface area contributed by atoms with Crippen LogP contribution in [0.15, 0.2) is 54.7 Å². The molecule has 0 unspecified atom stereocenters. The van der Waals surface area contributed by atoms with Crippen LogP contribution in [0.5, 0.6) is 5.75 Å². The van der Waals surface area contributed by atoms with Crippen molar-refractivity contribution in [2.45, 2.75) is 50.8 Å². The Morgan fingerprint density at radius 2 is 1.97 bits per heavy atom. The van der Waals surface area contributed by atoms with E-state index in [1.165, 1.54) is 12.1 Å². The first-order valence-corrected chi connectivity index (χ1v) is 13.4. The summed E-state index contributed by atoms with van der Waals surface area (Å²) in [5.41, 5.74) is 1.21. The third kappa shape index (κ3) is 7.28. The number of pyridine rings is 1. The van der Waals surface area contributed by atoms with Gasteiger partial charge in [-0.2, -0.15) is 13.2 Å². The minimum atomic E-state index is -4.36. The number of aliphatic hydroxyl groups excluding tert-OH is 1. The van der Waals surface area contributed by atoms with Crippen molar-refractivity contribution in [3.05, 3.63) is 71.4 Å². The zero-order chi connectivity index (χ0) is 28.0. The molecule has 1 saturated heterocycles. The predicted octanol–water partition coefficient (Wildman–Crippen LogP) is 6.12. The summed E-state index contributed by atoms with van der Waals surface area (Å²) in [5, 5.41) is 21.7. The molecule has 1 fully saturated rings. The number of hydrogen-bond donors (Lipinski definition) is 2. The molecule has 2 heterocycles. The Morgan fingerprint density at radius 1 is 1.18 bits per heavy atom. The van der Waals surface area contributed by atoms with Crippen LogP contribution in [0.2, 0.25) is 0 Å². The Labute approximate surface area is 226 Å². The van der Waals surface area contributed by atoms with E-state index in [0.717, 1.165) is 29.1 Å². The van der Waals surface area contributed by atoms with Gasteiger partial charge in [-0.15, -0.1) is 0 Å². The van der Waals surface area contributed by atoms with Gasteiger partial charge in [-0.05, 0) is 99.0 Å². The van der Waals surface area contributed by atoms with Crippen LogP contribution in [-0.4, -0.2) is 52.8 Å². The number of aliphatic carboxylic acids is 1. The lowest BCUT2D eigenvalue weighted by molar-refractivity contribution is -0.146. The first-order chi connectivity index (χ1) is 18.7. The van der Waals surface area contributed by atoms with Gasteiger partial charge in [0.25, 0.3) is 0 Å². The van der Waals surface area contributed by atoms with Crippen LogP contribution < -0.4 is 4.74 Å². The van der Waals surface area contributed by atoms with Crippen molar-refractivity contribution in [3.8, 4) is 5.75 Å². The molecule has 4 rings (SSSR count). The van der Waals surface area contributed by atoms with Crippen LogP contribution >= 0.6 is 0 Å². The largest absolute Gasteiger partial charge is 0.497 e. The van der Waals surface area contributed by atoms with Gasteiger partial charge in [0.05, 0.1) is 30.2 Å². The Balaban J connectivity index is 1.29. The third-order valence-electron chi connectivity index (χ3n) is 7.80. The number of hydrogen-bond acceptors (Lipinski definition) is 5. The molecule has 9 heteroatoms. The molecule has 1 aromatic heterocycles. The second-order valence-electron chi connectivity index (χ2n) is 10.3. The molecule has 0 saturated carbocycles. The van der Waals surface area contributed by atoms with Crippen molar-refractivity contribution >= 4 is 16.9 Å². The minimum Gasteiger partial charge on any atom is -0.497 e. The number of unbranched alkanes of at least 4 members (excludes halogenated alkanes) is 1. The number of likely N-dealkylation sites (tertiary alicyclic amines) is 1. The molecule has 0 radical (unpaired) electrons. The summed E-state index contributed by atoms with van der Waals surface area (Å²) in [5.74, 6) is -0.787. The number of ether oxygens (including phenoxy) is 1. The van der Waals surface area contributed by atoms with Gasteiger partial charge in [0.2, 0.25) is 0 Å². The number of carboxylic acids is 1. The Kier molecular flexibility index (Phi) is 9.45. The van der Waals surface area contributed by atoms with E-state index in [2.05, 4.69) is 9.88 Å². The van der Waals surface area contributed by atoms with E-state index >= 15 is 0 Å². The van der Waals surface area contributed by atoms with Crippen molar-refractivity contribution in [3.63, 3.8) is 0 Å². The molecule has 3 aromatic rings. The second kappa shape index (κ2) is 12.8. The number of alkyl halides is 3. The minimum absolute atomic E-state index is 0.0605. The molecule has 0 amide bonds. The van der Waals surface area contributed by atoms with Crippen molar-refractivity contribution in [1.82, 2.24) is 9.88 Å². The van der Waals surface area contributed by atoms with Crippen LogP contribution in [-0.2, 0) is 17.4 Å². The number of carbonyl (C=O) groups is 1. The second-order valence-corrected chi connectivity index (χ2v) is 10.3. The van der Waals surface area contributed by atoms with E-state index in [4.69, 9.17) is 4.74 Å². The van der Waals surface area contributed by atoms with Crippen molar-refractivity contribution in [2.24, 2.45) is 11.8 Å². The number of fused-ring (bicyclic) bond motifs is 1. The lowest BCUT2D eigenvalue weighted by Gasteiger charge is -2.37. The Hall–Kier alpha value is -3.17. The molecule has 0 bridgehead atoms. The van der Waals surface area contributed by atoms with Crippen LogP contribution in [0, 0.1) is 11.8 Å². The highest BCUT2D eigenvalue weighted by Gasteiger charge is 2.35. The van der Waals surface area contributed by atoms with Crippen LogP contribution in [0.3, 0.4) is 0 Å². The highest BCUT2D eigenvalue weighted by Crippen LogP contribution is 2.35. The monoisotopic (exact) mass is 544 g/mol. The summed E-state index contributed by atoms with van der Waals surface area (Å²) in [6.07, 6.45) is -0.117. The number of aliphatic hydroxyl groups is 1. The van der Waals surface area contributed by atoms with Gasteiger partial charge < -0.3 is 19.8 Å². The van der Waals surface area contributed by atoms with Crippen molar-refractivity contribution in [2.75, 3.05) is 26.7 Å². The standard InChI is InChI=1S/C30H35F3N2O4/c1-39-22-10-11-27-24(18-22)23(13-15-34-27)28(36)12-9-20-14-17-35(19-25(20)29(37)38)16-5-4-7-21-6-2-3-8-26(21)30(31,32)33/h2-3,6,8,10-11,13,15,18,20,25,28,36H,4-5,7,9,12,14,16-17,19H2,1H3,(H,37,38)/t20-,25+,28+/m1/s1. The molecule has 2 aromatic carbocycles. The van der Waals surface area contributed by atoms with Gasteiger partial charge in [0.15, 0.2) is 0 Å². The van der Waals surface area contributed by atoms with E-state index in [-0.39, 0.29) is 5.92 Å². The summed E-state index contributed by atoms with van der Waals surface area (Å²) in [7, 11) is 1.58. The summed E-state index contributed by atoms with van der Waals surface area (Å²) >= 11 is 0. The number of rotatable bonds is 11. The summed E-state index contributed by atoms with van der Waals surface area (Å²) < 4.78 is 45.0. The van der Waals surface area contributed by atoms with Gasteiger partial charge >= 0.3 is 12.1 Å². The first kappa shape index (κ1) is 28.8. The number of aromatic nitrogens is 1. The molecule has 1 aliphatic rings. The number of piperidine rings is 1. The van der Waals surface area contributed by atoms with E-state index in [1.807, 2.05) is 18.2 Å². The van der Waals surface area contributed by atoms with Crippen LogP contribution in [0.25, 0.3) is 10.9 Å². The average molecular weight is 545 g/mol. The van der Waals surface area contributed by atoms with Gasteiger partial charge in [0.1, 0.15) is 5.75 Å². The molecule has 210 valence electrons. The van der Waals surface area contributed by atoms with Crippen molar-refractivity contribution in [1.29, 1.82) is 0 Å². The van der Waals surface area contributed by atoms with Gasteiger partial charge in [-0.3, -0.25) is 9.78 Å². The molecule has 2 N–H and O–H groups in total. The highest BCUT2D eigenvalue weighted by molar-refractivity contribution is 5.83. The summed E-state index contributed by atoms with van der Waals surface area (Å²) in [6, 6.07) is 13.0. The fourth-order valence-electron chi connectivity index (χ4n) is 5.65. The molecular formula is C30H35F3N2O4. The highest BCUT2D eigenvalue weighted by atomic mass is 19.4. The molecule has 0 aliphatic carbocycles. The van der Waals surface area contributed by atoms with Gasteiger partial charge in [-0.1, -0.05) is 18.2 Å². The number of nitrogens with zero attached hydrogens (tertiary/aromatic N) is 2. The van der Waals surface area contributed by atoms with Gasteiger partial charge in [-0.25, -0.2) is 0 Å². The third-order valence-corrected chi connectivity index (χ3v) is 7.80.